The van der Waals surface area contributed by atoms with Gasteiger partial charge in [0.1, 0.15) is 0 Å². The zero-order chi connectivity index (χ0) is 13.2. The summed E-state index contributed by atoms with van der Waals surface area (Å²) in [5, 5.41) is 10.7. The molecule has 3 N–H and O–H groups in total. The molecule has 1 saturated carbocycles. The molecule has 1 aliphatic rings. The maximum Gasteiger partial charge on any atom is 0.0858 e. The molecule has 100 valence electrons. The standard InChI is InChI=1S/C16H25NO/c1-12-3-5-14(6-4-12)15(18)16(11-17)9-7-13(2)8-10-16/h3-6,13,15,18H,7-11,17H2,1-2H3. The molecule has 2 rings (SSSR count). The fraction of sp³-hybridized carbons (Fsp3) is 0.625. The second kappa shape index (κ2) is 5.41. The Bertz CT molecular complexity index is 377. The Labute approximate surface area is 110 Å². The molecule has 2 nitrogen and oxygen atoms in total. The molecule has 1 unspecified atom stereocenters. The molecule has 1 fully saturated rings. The zero-order valence-corrected chi connectivity index (χ0v) is 11.5. The first-order valence-electron chi connectivity index (χ1n) is 7.02. The van der Waals surface area contributed by atoms with Gasteiger partial charge in [-0.15, -0.1) is 0 Å². The van der Waals surface area contributed by atoms with Crippen molar-refractivity contribution in [2.45, 2.75) is 45.6 Å². The predicted octanol–water partition coefficient (Wildman–Crippen LogP) is 3.18. The molecule has 2 heteroatoms. The Hall–Kier alpha value is -0.860. The Morgan fingerprint density at radius 3 is 2.33 bits per heavy atom. The second-order valence-electron chi connectivity index (χ2n) is 6.06. The van der Waals surface area contributed by atoms with Crippen LogP contribution in [0.2, 0.25) is 0 Å². The Kier molecular flexibility index (Phi) is 4.08. The number of aryl methyl sites for hydroxylation is 1. The zero-order valence-electron chi connectivity index (χ0n) is 11.5. The summed E-state index contributed by atoms with van der Waals surface area (Å²) < 4.78 is 0. The Morgan fingerprint density at radius 2 is 1.83 bits per heavy atom. The van der Waals surface area contributed by atoms with Crippen molar-refractivity contribution >= 4 is 0 Å². The monoisotopic (exact) mass is 247 g/mol. The van der Waals surface area contributed by atoms with Gasteiger partial charge in [-0.25, -0.2) is 0 Å². The Morgan fingerprint density at radius 1 is 1.28 bits per heavy atom. The maximum absolute atomic E-state index is 10.7. The summed E-state index contributed by atoms with van der Waals surface area (Å²) in [5.74, 6) is 0.773. The molecule has 1 aromatic carbocycles. The van der Waals surface area contributed by atoms with E-state index in [0.717, 1.165) is 24.3 Å². The highest BCUT2D eigenvalue weighted by Gasteiger charge is 2.39. The molecule has 1 atom stereocenters. The first-order chi connectivity index (χ1) is 8.57. The summed E-state index contributed by atoms with van der Waals surface area (Å²) in [6, 6.07) is 8.20. The van der Waals surface area contributed by atoms with Gasteiger partial charge in [-0.2, -0.15) is 0 Å². The smallest absolute Gasteiger partial charge is 0.0858 e. The molecule has 0 aliphatic heterocycles. The predicted molar refractivity (Wildman–Crippen MR) is 75.3 cm³/mol. The topological polar surface area (TPSA) is 46.2 Å². The second-order valence-corrected chi connectivity index (χ2v) is 6.06. The fourth-order valence-corrected chi connectivity index (χ4v) is 3.03. The van der Waals surface area contributed by atoms with Gasteiger partial charge in [0, 0.05) is 12.0 Å². The van der Waals surface area contributed by atoms with Gasteiger partial charge in [0.25, 0.3) is 0 Å². The lowest BCUT2D eigenvalue weighted by Crippen LogP contribution is -2.39. The van der Waals surface area contributed by atoms with Crippen LogP contribution in [0.1, 0.15) is 49.8 Å². The molecule has 0 aromatic heterocycles. The van der Waals surface area contributed by atoms with E-state index >= 15 is 0 Å². The molecule has 0 heterocycles. The average Bonchev–Trinajstić information content (AvgIpc) is 2.40. The lowest BCUT2D eigenvalue weighted by molar-refractivity contribution is -0.00818. The third-order valence-corrected chi connectivity index (χ3v) is 4.65. The van der Waals surface area contributed by atoms with Crippen LogP contribution in [0, 0.1) is 18.3 Å². The summed E-state index contributed by atoms with van der Waals surface area (Å²) >= 11 is 0. The molecule has 0 amide bonds. The number of hydrogen-bond donors (Lipinski definition) is 2. The van der Waals surface area contributed by atoms with Crippen LogP contribution in [0.25, 0.3) is 0 Å². The normalized spacial score (nSPS) is 30.1. The van der Waals surface area contributed by atoms with Crippen molar-refractivity contribution in [2.75, 3.05) is 6.54 Å². The third kappa shape index (κ3) is 2.60. The van der Waals surface area contributed by atoms with E-state index < -0.39 is 6.10 Å². The van der Waals surface area contributed by atoms with Crippen molar-refractivity contribution in [3.05, 3.63) is 35.4 Å². The van der Waals surface area contributed by atoms with Crippen LogP contribution >= 0.6 is 0 Å². The minimum absolute atomic E-state index is 0.109. The van der Waals surface area contributed by atoms with Gasteiger partial charge in [-0.05, 0) is 31.2 Å². The van der Waals surface area contributed by atoms with Crippen molar-refractivity contribution in [1.29, 1.82) is 0 Å². The van der Waals surface area contributed by atoms with Crippen molar-refractivity contribution in [2.24, 2.45) is 17.1 Å². The quantitative estimate of drug-likeness (QED) is 0.861. The number of rotatable bonds is 3. The minimum Gasteiger partial charge on any atom is -0.388 e. The number of hydrogen-bond acceptors (Lipinski definition) is 2. The number of aliphatic hydroxyl groups is 1. The molecule has 0 spiro atoms. The van der Waals surface area contributed by atoms with Gasteiger partial charge in [0.15, 0.2) is 0 Å². The summed E-state index contributed by atoms with van der Waals surface area (Å²) in [5.41, 5.74) is 8.12. The van der Waals surface area contributed by atoms with Crippen LogP contribution in [0.15, 0.2) is 24.3 Å². The molecule has 1 aromatic rings. The van der Waals surface area contributed by atoms with Crippen LogP contribution in [0.4, 0.5) is 0 Å². The van der Waals surface area contributed by atoms with E-state index in [-0.39, 0.29) is 5.41 Å². The molecule has 0 saturated heterocycles. The highest BCUT2D eigenvalue weighted by molar-refractivity contribution is 5.25. The summed E-state index contributed by atoms with van der Waals surface area (Å²) in [6.07, 6.45) is 4.02. The highest BCUT2D eigenvalue weighted by Crippen LogP contribution is 2.46. The SMILES string of the molecule is Cc1ccc(C(O)C2(CN)CCC(C)CC2)cc1. The van der Waals surface area contributed by atoms with Crippen LogP contribution in [-0.4, -0.2) is 11.7 Å². The first-order valence-corrected chi connectivity index (χ1v) is 7.02. The summed E-state index contributed by atoms with van der Waals surface area (Å²) in [6.45, 7) is 4.94. The van der Waals surface area contributed by atoms with Crippen LogP contribution < -0.4 is 5.73 Å². The van der Waals surface area contributed by atoms with Crippen molar-refractivity contribution in [3.63, 3.8) is 0 Å². The van der Waals surface area contributed by atoms with E-state index in [2.05, 4.69) is 26.0 Å². The van der Waals surface area contributed by atoms with Crippen LogP contribution in [0.3, 0.4) is 0 Å². The lowest BCUT2D eigenvalue weighted by atomic mass is 9.66. The Balaban J connectivity index is 2.19. The number of nitrogens with two attached hydrogens (primary N) is 1. The van der Waals surface area contributed by atoms with Gasteiger partial charge in [-0.1, -0.05) is 49.6 Å². The van der Waals surface area contributed by atoms with Crippen molar-refractivity contribution in [3.8, 4) is 0 Å². The average molecular weight is 247 g/mol. The van der Waals surface area contributed by atoms with Gasteiger partial charge >= 0.3 is 0 Å². The van der Waals surface area contributed by atoms with Gasteiger partial charge in [0.2, 0.25) is 0 Å². The first kappa shape index (κ1) is 13.6. The fourth-order valence-electron chi connectivity index (χ4n) is 3.03. The van der Waals surface area contributed by atoms with Gasteiger partial charge in [-0.3, -0.25) is 0 Å². The summed E-state index contributed by atoms with van der Waals surface area (Å²) in [4.78, 5) is 0. The van der Waals surface area contributed by atoms with E-state index in [1.165, 1.54) is 18.4 Å². The summed E-state index contributed by atoms with van der Waals surface area (Å²) in [7, 11) is 0. The number of benzene rings is 1. The van der Waals surface area contributed by atoms with Crippen molar-refractivity contribution in [1.82, 2.24) is 0 Å². The molecule has 1 aliphatic carbocycles. The van der Waals surface area contributed by atoms with Crippen LogP contribution in [-0.2, 0) is 0 Å². The van der Waals surface area contributed by atoms with E-state index in [1.54, 1.807) is 0 Å². The van der Waals surface area contributed by atoms with Crippen LogP contribution in [0.5, 0.6) is 0 Å². The minimum atomic E-state index is -0.421. The van der Waals surface area contributed by atoms with E-state index in [4.69, 9.17) is 5.73 Å². The largest absolute Gasteiger partial charge is 0.388 e. The molecular weight excluding hydrogens is 222 g/mol. The van der Waals surface area contributed by atoms with Gasteiger partial charge in [0.05, 0.1) is 6.10 Å². The molecule has 18 heavy (non-hydrogen) atoms. The third-order valence-electron chi connectivity index (χ3n) is 4.65. The van der Waals surface area contributed by atoms with E-state index in [9.17, 15) is 5.11 Å². The molecule has 0 radical (unpaired) electrons. The van der Waals surface area contributed by atoms with Crippen molar-refractivity contribution < 1.29 is 5.11 Å². The molecule has 0 bridgehead atoms. The lowest BCUT2D eigenvalue weighted by Gasteiger charge is -2.42. The van der Waals surface area contributed by atoms with Gasteiger partial charge < -0.3 is 10.8 Å². The highest BCUT2D eigenvalue weighted by atomic mass is 16.3. The maximum atomic E-state index is 10.7. The molecular formula is C16H25NO. The van der Waals surface area contributed by atoms with E-state index in [1.807, 2.05) is 12.1 Å². The number of aliphatic hydroxyl groups excluding tert-OH is 1. The van der Waals surface area contributed by atoms with E-state index in [0.29, 0.717) is 6.54 Å².